The molecule has 2 aromatic rings. The molecule has 2 rings (SSSR count). The van der Waals surface area contributed by atoms with Crippen molar-refractivity contribution in [1.82, 2.24) is 14.8 Å². The second-order valence-electron chi connectivity index (χ2n) is 3.74. The Morgan fingerprint density at radius 3 is 3.05 bits per heavy atom. The molecule has 0 aliphatic heterocycles. The largest absolute Gasteiger partial charge is 0.350 e. The van der Waals surface area contributed by atoms with Crippen molar-refractivity contribution in [3.05, 3.63) is 45.0 Å². The van der Waals surface area contributed by atoms with E-state index < -0.39 is 6.03 Å². The molecular weight excluding hydrogens is 270 g/mol. The number of amides is 2. The Balaban J connectivity index is 2.60. The van der Waals surface area contributed by atoms with E-state index in [1.165, 1.54) is 4.40 Å². The molecule has 0 unspecified atom stereocenters. The van der Waals surface area contributed by atoms with Gasteiger partial charge in [0.15, 0.2) is 0 Å². The second kappa shape index (κ2) is 5.07. The fourth-order valence-electron chi connectivity index (χ4n) is 1.55. The van der Waals surface area contributed by atoms with Crippen molar-refractivity contribution in [2.24, 2.45) is 10.8 Å². The molecule has 0 saturated heterocycles. The average Bonchev–Trinajstić information content (AvgIpc) is 2.34. The lowest BCUT2D eigenvalue weighted by molar-refractivity contribution is 0.249. The van der Waals surface area contributed by atoms with Gasteiger partial charge in [-0.1, -0.05) is 17.7 Å². The maximum absolute atomic E-state index is 12.2. The van der Waals surface area contributed by atoms with Gasteiger partial charge in [-0.2, -0.15) is 5.10 Å². The van der Waals surface area contributed by atoms with Crippen LogP contribution < -0.4 is 16.7 Å². The Labute approximate surface area is 112 Å². The number of nitrogens with zero attached hydrogens (tertiary/aromatic N) is 3. The summed E-state index contributed by atoms with van der Waals surface area (Å²) in [5.41, 5.74) is 7.81. The number of urea groups is 1. The highest BCUT2D eigenvalue weighted by Gasteiger charge is 2.10. The normalized spacial score (nSPS) is 11.1. The molecular formula is C11H10ClN5O2. The maximum Gasteiger partial charge on any atom is 0.332 e. The summed E-state index contributed by atoms with van der Waals surface area (Å²) < 4.78 is 1.35. The van der Waals surface area contributed by atoms with Crippen molar-refractivity contribution in [2.45, 2.75) is 6.92 Å². The van der Waals surface area contributed by atoms with Crippen molar-refractivity contribution in [3.63, 3.8) is 0 Å². The Hall–Kier alpha value is -2.41. The summed E-state index contributed by atoms with van der Waals surface area (Å²) in [6.07, 6.45) is 2.68. The summed E-state index contributed by atoms with van der Waals surface area (Å²) >= 11 is 5.94. The molecule has 2 heterocycles. The van der Waals surface area contributed by atoms with Crippen LogP contribution in [0.15, 0.2) is 28.2 Å². The molecule has 7 nitrogen and oxygen atoms in total. The number of aromatic nitrogens is 2. The zero-order valence-corrected chi connectivity index (χ0v) is 10.7. The Bertz CT molecular complexity index is 738. The van der Waals surface area contributed by atoms with Gasteiger partial charge in [-0.3, -0.25) is 9.20 Å². The third kappa shape index (κ3) is 2.55. The predicted molar refractivity (Wildman–Crippen MR) is 71.5 cm³/mol. The number of hydrazone groups is 1. The van der Waals surface area contributed by atoms with E-state index in [1.807, 2.05) is 18.4 Å². The number of pyridine rings is 1. The summed E-state index contributed by atoms with van der Waals surface area (Å²) in [6, 6.07) is 2.71. The molecule has 0 aliphatic rings. The Kier molecular flexibility index (Phi) is 3.48. The summed E-state index contributed by atoms with van der Waals surface area (Å²) in [5, 5.41) is 3.51. The molecule has 0 spiro atoms. The zero-order valence-electron chi connectivity index (χ0n) is 9.92. The van der Waals surface area contributed by atoms with Gasteiger partial charge in [0.25, 0.3) is 5.56 Å². The van der Waals surface area contributed by atoms with Gasteiger partial charge in [0.2, 0.25) is 0 Å². The maximum atomic E-state index is 12.2. The number of rotatable bonds is 2. The number of aryl methyl sites for hydroxylation is 1. The van der Waals surface area contributed by atoms with Gasteiger partial charge in [-0.25, -0.2) is 15.2 Å². The number of primary amides is 1. The van der Waals surface area contributed by atoms with Gasteiger partial charge in [-0.05, 0) is 18.6 Å². The molecule has 0 bridgehead atoms. The number of halogens is 1. The molecule has 0 fully saturated rings. The molecule has 8 heteroatoms. The van der Waals surface area contributed by atoms with Gasteiger partial charge in [0.05, 0.1) is 11.8 Å². The summed E-state index contributed by atoms with van der Waals surface area (Å²) in [5.74, 6) is 0. The number of nitrogens with two attached hydrogens (primary N) is 1. The zero-order chi connectivity index (χ0) is 14.0. The van der Waals surface area contributed by atoms with E-state index in [0.717, 1.165) is 11.8 Å². The number of nitrogens with one attached hydrogen (secondary N) is 1. The average molecular weight is 280 g/mol. The van der Waals surface area contributed by atoms with Crippen LogP contribution in [0.2, 0.25) is 5.15 Å². The van der Waals surface area contributed by atoms with Crippen molar-refractivity contribution >= 4 is 29.5 Å². The number of carbonyl (C=O) groups is 1. The summed E-state index contributed by atoms with van der Waals surface area (Å²) in [6.45, 7) is 1.82. The molecule has 0 saturated carbocycles. The van der Waals surface area contributed by atoms with Crippen LogP contribution in [0, 0.1) is 6.92 Å². The van der Waals surface area contributed by atoms with Crippen molar-refractivity contribution in [1.29, 1.82) is 0 Å². The van der Waals surface area contributed by atoms with E-state index in [2.05, 4.69) is 10.1 Å². The third-order valence-corrected chi connectivity index (χ3v) is 2.69. The van der Waals surface area contributed by atoms with Crippen molar-refractivity contribution in [2.75, 3.05) is 0 Å². The van der Waals surface area contributed by atoms with Gasteiger partial charge >= 0.3 is 6.03 Å². The molecule has 0 aromatic carbocycles. The minimum Gasteiger partial charge on any atom is -0.350 e. The molecule has 3 N–H and O–H groups in total. The third-order valence-electron chi connectivity index (χ3n) is 2.41. The highest BCUT2D eigenvalue weighted by molar-refractivity contribution is 6.32. The second-order valence-corrected chi connectivity index (χ2v) is 4.10. The monoisotopic (exact) mass is 279 g/mol. The van der Waals surface area contributed by atoms with E-state index in [0.29, 0.717) is 5.65 Å². The molecule has 0 atom stereocenters. The minimum atomic E-state index is -0.836. The fraction of sp³-hybridized carbons (Fsp3) is 0.0909. The first-order valence-corrected chi connectivity index (χ1v) is 5.64. The quantitative estimate of drug-likeness (QED) is 0.479. The Morgan fingerprint density at radius 2 is 2.37 bits per heavy atom. The van der Waals surface area contributed by atoms with E-state index in [-0.39, 0.29) is 16.3 Å². The SMILES string of the molecule is Cc1cccn2c(=O)c(C=NNC(N)=O)c(Cl)nc12. The van der Waals surface area contributed by atoms with E-state index >= 15 is 0 Å². The van der Waals surface area contributed by atoms with Crippen LogP contribution in [-0.4, -0.2) is 21.6 Å². The topological polar surface area (TPSA) is 102 Å². The molecule has 98 valence electrons. The highest BCUT2D eigenvalue weighted by atomic mass is 35.5. The standard InChI is InChI=1S/C11H10ClN5O2/c1-6-3-2-4-17-9(6)15-8(12)7(10(17)18)5-14-16-11(13)19/h2-5H,1H3,(H3,13,16,19). The van der Waals surface area contributed by atoms with Gasteiger partial charge in [0.1, 0.15) is 10.8 Å². The number of hydrogen-bond acceptors (Lipinski definition) is 4. The molecule has 0 radical (unpaired) electrons. The lowest BCUT2D eigenvalue weighted by Gasteiger charge is -2.05. The van der Waals surface area contributed by atoms with Crippen LogP contribution in [0.4, 0.5) is 4.79 Å². The lowest BCUT2D eigenvalue weighted by atomic mass is 10.3. The lowest BCUT2D eigenvalue weighted by Crippen LogP contribution is -2.26. The van der Waals surface area contributed by atoms with Crippen LogP contribution >= 0.6 is 11.6 Å². The Morgan fingerprint density at radius 1 is 1.63 bits per heavy atom. The number of hydrogen-bond donors (Lipinski definition) is 2. The molecule has 0 aliphatic carbocycles. The number of carbonyl (C=O) groups excluding carboxylic acids is 1. The van der Waals surface area contributed by atoms with Crippen LogP contribution in [0.25, 0.3) is 5.65 Å². The van der Waals surface area contributed by atoms with Crippen LogP contribution in [0.5, 0.6) is 0 Å². The first kappa shape index (κ1) is 13.0. The smallest absolute Gasteiger partial charge is 0.332 e. The summed E-state index contributed by atoms with van der Waals surface area (Å²) in [4.78, 5) is 26.8. The highest BCUT2D eigenvalue weighted by Crippen LogP contribution is 2.11. The molecule has 2 amide bonds. The van der Waals surface area contributed by atoms with Crippen LogP contribution in [0.1, 0.15) is 11.1 Å². The van der Waals surface area contributed by atoms with Crippen molar-refractivity contribution < 1.29 is 4.79 Å². The van der Waals surface area contributed by atoms with E-state index in [4.69, 9.17) is 17.3 Å². The summed E-state index contributed by atoms with van der Waals surface area (Å²) in [7, 11) is 0. The number of fused-ring (bicyclic) bond motifs is 1. The first-order chi connectivity index (χ1) is 9.00. The molecule has 2 aromatic heterocycles. The van der Waals surface area contributed by atoms with Gasteiger partial charge in [-0.15, -0.1) is 0 Å². The van der Waals surface area contributed by atoms with Gasteiger partial charge < -0.3 is 5.73 Å². The minimum absolute atomic E-state index is 0.00863. The van der Waals surface area contributed by atoms with Crippen molar-refractivity contribution in [3.8, 4) is 0 Å². The van der Waals surface area contributed by atoms with E-state index in [1.54, 1.807) is 12.3 Å². The van der Waals surface area contributed by atoms with E-state index in [9.17, 15) is 9.59 Å². The van der Waals surface area contributed by atoms with Crippen LogP contribution in [-0.2, 0) is 0 Å². The van der Waals surface area contributed by atoms with Gasteiger partial charge in [0, 0.05) is 6.20 Å². The fourth-order valence-corrected chi connectivity index (χ4v) is 1.76. The van der Waals surface area contributed by atoms with Crippen LogP contribution in [0.3, 0.4) is 0 Å². The molecule has 19 heavy (non-hydrogen) atoms. The first-order valence-electron chi connectivity index (χ1n) is 5.26. The predicted octanol–water partition coefficient (Wildman–Crippen LogP) is 0.659.